The fraction of sp³-hybridized carbons (Fsp3) is 0.391. The fourth-order valence-corrected chi connectivity index (χ4v) is 3.46. The molecule has 3 rings (SSSR count). The standard InChI is InChI=1S/C23H28FN3O2/c1-17-7-10-19(16-21(17)24)26-23(29)22(28)25-13-5-6-18-8-11-20(12-9-18)27-14-3-2-4-15-27/h7-12,16H,2-6,13-15H2,1H3,(H,25,28)(H,26,29). The summed E-state index contributed by atoms with van der Waals surface area (Å²) in [6.07, 6.45) is 5.40. The number of hydrogen-bond acceptors (Lipinski definition) is 3. The zero-order valence-electron chi connectivity index (χ0n) is 16.8. The van der Waals surface area contributed by atoms with Gasteiger partial charge in [-0.1, -0.05) is 18.2 Å². The van der Waals surface area contributed by atoms with Crippen LogP contribution in [-0.4, -0.2) is 31.4 Å². The van der Waals surface area contributed by atoms with E-state index in [0.29, 0.717) is 12.1 Å². The Morgan fingerprint density at radius 1 is 1.00 bits per heavy atom. The van der Waals surface area contributed by atoms with Crippen molar-refractivity contribution in [2.45, 2.75) is 39.0 Å². The second kappa shape index (κ2) is 10.0. The van der Waals surface area contributed by atoms with Gasteiger partial charge in [0.2, 0.25) is 0 Å². The summed E-state index contributed by atoms with van der Waals surface area (Å²) in [5, 5.41) is 5.02. The molecule has 2 N–H and O–H groups in total. The SMILES string of the molecule is Cc1ccc(NC(=O)C(=O)NCCCc2ccc(N3CCCCC3)cc2)cc1F. The molecule has 2 aromatic rings. The molecule has 1 saturated heterocycles. The molecule has 0 spiro atoms. The maximum atomic E-state index is 13.5. The summed E-state index contributed by atoms with van der Waals surface area (Å²) in [7, 11) is 0. The van der Waals surface area contributed by atoms with Gasteiger partial charge in [-0.3, -0.25) is 9.59 Å². The summed E-state index contributed by atoms with van der Waals surface area (Å²) in [5.41, 5.74) is 3.23. The highest BCUT2D eigenvalue weighted by Crippen LogP contribution is 2.20. The lowest BCUT2D eigenvalue weighted by Gasteiger charge is -2.28. The molecule has 0 aromatic heterocycles. The monoisotopic (exact) mass is 397 g/mol. The molecule has 2 aromatic carbocycles. The Hall–Kier alpha value is -2.89. The normalized spacial score (nSPS) is 13.8. The topological polar surface area (TPSA) is 61.4 Å². The van der Waals surface area contributed by atoms with E-state index in [2.05, 4.69) is 39.8 Å². The molecule has 1 aliphatic heterocycles. The van der Waals surface area contributed by atoms with Crippen LogP contribution >= 0.6 is 0 Å². The van der Waals surface area contributed by atoms with Crippen molar-refractivity contribution in [2.24, 2.45) is 0 Å². The highest BCUT2D eigenvalue weighted by atomic mass is 19.1. The summed E-state index contributed by atoms with van der Waals surface area (Å²) in [6.45, 7) is 4.29. The van der Waals surface area contributed by atoms with Crippen molar-refractivity contribution in [3.8, 4) is 0 Å². The third-order valence-corrected chi connectivity index (χ3v) is 5.22. The molecule has 0 unspecified atom stereocenters. The molecule has 1 fully saturated rings. The van der Waals surface area contributed by atoms with Crippen LogP contribution < -0.4 is 15.5 Å². The predicted molar refractivity (Wildman–Crippen MR) is 114 cm³/mol. The van der Waals surface area contributed by atoms with Gasteiger partial charge in [-0.2, -0.15) is 0 Å². The zero-order valence-corrected chi connectivity index (χ0v) is 16.8. The number of anilines is 2. The zero-order chi connectivity index (χ0) is 20.6. The molecular weight excluding hydrogens is 369 g/mol. The van der Waals surface area contributed by atoms with Gasteiger partial charge in [0.1, 0.15) is 5.82 Å². The molecule has 0 radical (unpaired) electrons. The van der Waals surface area contributed by atoms with Gasteiger partial charge >= 0.3 is 11.8 Å². The minimum atomic E-state index is -0.792. The van der Waals surface area contributed by atoms with Gasteiger partial charge in [-0.05, 0) is 74.4 Å². The third kappa shape index (κ3) is 6.04. The second-order valence-corrected chi connectivity index (χ2v) is 7.49. The lowest BCUT2D eigenvalue weighted by Crippen LogP contribution is -2.36. The van der Waals surface area contributed by atoms with Gasteiger partial charge in [0.25, 0.3) is 0 Å². The van der Waals surface area contributed by atoms with E-state index in [1.807, 2.05) is 0 Å². The van der Waals surface area contributed by atoms with Crippen molar-refractivity contribution in [3.63, 3.8) is 0 Å². The number of carbonyl (C=O) groups is 2. The van der Waals surface area contributed by atoms with E-state index in [-0.39, 0.29) is 5.69 Å². The van der Waals surface area contributed by atoms with Crippen molar-refractivity contribution in [1.82, 2.24) is 5.32 Å². The van der Waals surface area contributed by atoms with Crippen molar-refractivity contribution in [2.75, 3.05) is 29.9 Å². The predicted octanol–water partition coefficient (Wildman–Crippen LogP) is 3.81. The Balaban J connectivity index is 1.38. The number of carbonyl (C=O) groups excluding carboxylic acids is 2. The van der Waals surface area contributed by atoms with Gasteiger partial charge in [0.05, 0.1) is 0 Å². The smallest absolute Gasteiger partial charge is 0.313 e. The summed E-state index contributed by atoms with van der Waals surface area (Å²) >= 11 is 0. The average molecular weight is 397 g/mol. The quantitative estimate of drug-likeness (QED) is 0.576. The number of halogens is 1. The summed E-state index contributed by atoms with van der Waals surface area (Å²) in [6, 6.07) is 12.9. The Labute approximate surface area is 171 Å². The Kier molecular flexibility index (Phi) is 7.22. The first-order valence-electron chi connectivity index (χ1n) is 10.2. The molecule has 29 heavy (non-hydrogen) atoms. The van der Waals surface area contributed by atoms with Crippen LogP contribution in [-0.2, 0) is 16.0 Å². The Morgan fingerprint density at radius 2 is 1.72 bits per heavy atom. The van der Waals surface area contributed by atoms with Crippen molar-refractivity contribution in [1.29, 1.82) is 0 Å². The van der Waals surface area contributed by atoms with E-state index in [0.717, 1.165) is 25.9 Å². The van der Waals surface area contributed by atoms with Crippen LogP contribution in [0.3, 0.4) is 0 Å². The molecule has 0 atom stereocenters. The largest absolute Gasteiger partial charge is 0.372 e. The number of piperidine rings is 1. The maximum Gasteiger partial charge on any atom is 0.313 e. The van der Waals surface area contributed by atoms with E-state index >= 15 is 0 Å². The molecule has 1 aliphatic rings. The third-order valence-electron chi connectivity index (χ3n) is 5.22. The van der Waals surface area contributed by atoms with Crippen LogP contribution in [0.15, 0.2) is 42.5 Å². The van der Waals surface area contributed by atoms with Crippen LogP contribution in [0.25, 0.3) is 0 Å². The first-order chi connectivity index (χ1) is 14.0. The molecule has 0 aliphatic carbocycles. The number of nitrogens with zero attached hydrogens (tertiary/aromatic N) is 1. The van der Waals surface area contributed by atoms with Gasteiger partial charge in [-0.25, -0.2) is 4.39 Å². The molecule has 0 bridgehead atoms. The van der Waals surface area contributed by atoms with E-state index in [1.54, 1.807) is 19.1 Å². The lowest BCUT2D eigenvalue weighted by atomic mass is 10.1. The fourth-order valence-electron chi connectivity index (χ4n) is 3.46. The molecule has 1 heterocycles. The summed E-state index contributed by atoms with van der Waals surface area (Å²) in [4.78, 5) is 26.2. The molecule has 154 valence electrons. The minimum absolute atomic E-state index is 0.266. The van der Waals surface area contributed by atoms with Crippen molar-refractivity contribution in [3.05, 3.63) is 59.4 Å². The van der Waals surface area contributed by atoms with E-state index < -0.39 is 17.6 Å². The first-order valence-corrected chi connectivity index (χ1v) is 10.2. The summed E-state index contributed by atoms with van der Waals surface area (Å²) in [5.74, 6) is -1.93. The van der Waals surface area contributed by atoms with Crippen LogP contribution in [0.4, 0.5) is 15.8 Å². The number of nitrogens with one attached hydrogen (secondary N) is 2. The molecular formula is C23H28FN3O2. The van der Waals surface area contributed by atoms with E-state index in [9.17, 15) is 14.0 Å². The molecule has 6 heteroatoms. The first kappa shape index (κ1) is 20.8. The Bertz CT molecular complexity index is 846. The van der Waals surface area contributed by atoms with E-state index in [4.69, 9.17) is 0 Å². The van der Waals surface area contributed by atoms with Crippen molar-refractivity contribution >= 4 is 23.2 Å². The van der Waals surface area contributed by atoms with Crippen LogP contribution in [0.1, 0.15) is 36.8 Å². The average Bonchev–Trinajstić information content (AvgIpc) is 2.74. The molecule has 0 saturated carbocycles. The van der Waals surface area contributed by atoms with Crippen LogP contribution in [0.2, 0.25) is 0 Å². The number of rotatable bonds is 6. The van der Waals surface area contributed by atoms with Gasteiger partial charge < -0.3 is 15.5 Å². The maximum absolute atomic E-state index is 13.5. The van der Waals surface area contributed by atoms with Crippen LogP contribution in [0.5, 0.6) is 0 Å². The van der Waals surface area contributed by atoms with Gasteiger partial charge in [0.15, 0.2) is 0 Å². The number of aryl methyl sites for hydroxylation is 2. The minimum Gasteiger partial charge on any atom is -0.372 e. The van der Waals surface area contributed by atoms with Gasteiger partial charge in [-0.15, -0.1) is 0 Å². The second-order valence-electron chi connectivity index (χ2n) is 7.49. The molecule has 5 nitrogen and oxygen atoms in total. The highest BCUT2D eigenvalue weighted by molar-refractivity contribution is 6.39. The van der Waals surface area contributed by atoms with Crippen molar-refractivity contribution < 1.29 is 14.0 Å². The highest BCUT2D eigenvalue weighted by Gasteiger charge is 2.14. The van der Waals surface area contributed by atoms with Crippen LogP contribution in [0, 0.1) is 12.7 Å². The van der Waals surface area contributed by atoms with E-state index in [1.165, 1.54) is 36.6 Å². The lowest BCUT2D eigenvalue weighted by molar-refractivity contribution is -0.136. The molecule has 2 amide bonds. The number of amides is 2. The summed E-state index contributed by atoms with van der Waals surface area (Å²) < 4.78 is 13.5. The Morgan fingerprint density at radius 3 is 2.41 bits per heavy atom. The van der Waals surface area contributed by atoms with Gasteiger partial charge in [0, 0.05) is 31.0 Å². The number of hydrogen-bond donors (Lipinski definition) is 2. The number of benzene rings is 2.